The molecule has 0 atom stereocenters. The molecular formula is C24H19BrN6O. The van der Waals surface area contributed by atoms with Crippen molar-refractivity contribution in [3.8, 4) is 16.9 Å². The van der Waals surface area contributed by atoms with Crippen LogP contribution in [0.3, 0.4) is 0 Å². The monoisotopic (exact) mass is 486 g/mol. The Balaban J connectivity index is 1.31. The van der Waals surface area contributed by atoms with E-state index >= 15 is 0 Å². The van der Waals surface area contributed by atoms with Crippen LogP contribution in [-0.4, -0.2) is 30.1 Å². The third-order valence-corrected chi connectivity index (χ3v) is 6.40. The summed E-state index contributed by atoms with van der Waals surface area (Å²) < 4.78 is 4.72. The summed E-state index contributed by atoms with van der Waals surface area (Å²) in [5.41, 5.74) is 5.91. The fourth-order valence-electron chi connectivity index (χ4n) is 3.53. The zero-order valence-electron chi connectivity index (χ0n) is 17.5. The van der Waals surface area contributed by atoms with E-state index in [1.54, 1.807) is 18.3 Å². The van der Waals surface area contributed by atoms with Crippen LogP contribution < -0.4 is 5.32 Å². The van der Waals surface area contributed by atoms with Crippen molar-refractivity contribution in [2.45, 2.75) is 13.8 Å². The minimum absolute atomic E-state index is 0.171. The summed E-state index contributed by atoms with van der Waals surface area (Å²) in [5.74, 6) is 0.479. The van der Waals surface area contributed by atoms with Crippen LogP contribution in [0, 0.1) is 13.8 Å². The molecule has 5 aromatic rings. The molecule has 0 unspecified atom stereocenters. The predicted molar refractivity (Wildman–Crippen MR) is 127 cm³/mol. The fourth-order valence-corrected chi connectivity index (χ4v) is 3.77. The molecule has 8 heteroatoms. The number of benzene rings is 2. The first-order valence-corrected chi connectivity index (χ1v) is 10.8. The highest BCUT2D eigenvalue weighted by atomic mass is 79.9. The molecule has 1 N–H and O–H groups in total. The number of aromatic nitrogens is 5. The van der Waals surface area contributed by atoms with E-state index in [1.807, 2.05) is 77.8 Å². The van der Waals surface area contributed by atoms with Gasteiger partial charge in [0, 0.05) is 35.4 Å². The highest BCUT2D eigenvalue weighted by Gasteiger charge is 2.12. The van der Waals surface area contributed by atoms with E-state index in [9.17, 15) is 4.79 Å². The SMILES string of the molecule is Cc1nn(-c2ccc(C(=O)Nc3ccc(-c4cn5cccnc5n4)cc3)cc2)c(C)c1Br. The van der Waals surface area contributed by atoms with Crippen molar-refractivity contribution in [3.63, 3.8) is 0 Å². The molecule has 32 heavy (non-hydrogen) atoms. The number of aryl methyl sites for hydroxylation is 1. The molecule has 3 heterocycles. The van der Waals surface area contributed by atoms with E-state index in [-0.39, 0.29) is 5.91 Å². The summed E-state index contributed by atoms with van der Waals surface area (Å²) >= 11 is 3.55. The second-order valence-electron chi connectivity index (χ2n) is 7.43. The lowest BCUT2D eigenvalue weighted by Crippen LogP contribution is -2.12. The van der Waals surface area contributed by atoms with Crippen molar-refractivity contribution < 1.29 is 4.79 Å². The summed E-state index contributed by atoms with van der Waals surface area (Å²) in [7, 11) is 0. The maximum Gasteiger partial charge on any atom is 0.255 e. The first-order valence-electron chi connectivity index (χ1n) is 10.0. The number of amides is 1. The van der Waals surface area contributed by atoms with Gasteiger partial charge in [0.25, 0.3) is 5.91 Å². The summed E-state index contributed by atoms with van der Waals surface area (Å²) in [4.78, 5) is 21.5. The predicted octanol–water partition coefficient (Wildman–Crippen LogP) is 5.21. The first-order chi connectivity index (χ1) is 15.5. The average Bonchev–Trinajstić information content (AvgIpc) is 3.36. The molecular weight excluding hydrogens is 468 g/mol. The van der Waals surface area contributed by atoms with Gasteiger partial charge in [0.15, 0.2) is 0 Å². The summed E-state index contributed by atoms with van der Waals surface area (Å²) in [6, 6.07) is 16.8. The Morgan fingerprint density at radius 3 is 2.44 bits per heavy atom. The largest absolute Gasteiger partial charge is 0.322 e. The fraction of sp³-hybridized carbons (Fsp3) is 0.0833. The van der Waals surface area contributed by atoms with Gasteiger partial charge in [0.2, 0.25) is 5.78 Å². The van der Waals surface area contributed by atoms with Gasteiger partial charge >= 0.3 is 0 Å². The zero-order valence-corrected chi connectivity index (χ0v) is 19.0. The van der Waals surface area contributed by atoms with Crippen LogP contribution >= 0.6 is 15.9 Å². The number of fused-ring (bicyclic) bond motifs is 1. The van der Waals surface area contributed by atoms with E-state index in [0.717, 1.165) is 32.8 Å². The lowest BCUT2D eigenvalue weighted by molar-refractivity contribution is 0.102. The van der Waals surface area contributed by atoms with Crippen LogP contribution in [0.1, 0.15) is 21.7 Å². The number of hydrogen-bond acceptors (Lipinski definition) is 4. The number of anilines is 1. The third kappa shape index (κ3) is 3.69. The highest BCUT2D eigenvalue weighted by Crippen LogP contribution is 2.24. The molecule has 2 aromatic carbocycles. The Bertz CT molecular complexity index is 1400. The summed E-state index contributed by atoms with van der Waals surface area (Å²) in [6.07, 6.45) is 5.55. The molecule has 1 amide bonds. The number of carbonyl (C=O) groups excluding carboxylic acids is 1. The van der Waals surface area contributed by atoms with Gasteiger partial charge in [-0.3, -0.25) is 9.20 Å². The van der Waals surface area contributed by atoms with Gasteiger partial charge < -0.3 is 5.32 Å². The molecule has 3 aromatic heterocycles. The molecule has 0 saturated heterocycles. The smallest absolute Gasteiger partial charge is 0.255 e. The minimum Gasteiger partial charge on any atom is -0.322 e. The standard InChI is InChI=1S/C24H19BrN6O/c1-15-22(25)16(2)31(29-15)20-10-6-18(7-11-20)23(32)27-19-8-4-17(5-9-19)21-14-30-13-3-12-26-24(30)28-21/h3-14H,1-2H3,(H,27,32). The molecule has 0 aliphatic rings. The lowest BCUT2D eigenvalue weighted by atomic mass is 10.1. The van der Waals surface area contributed by atoms with Crippen LogP contribution in [-0.2, 0) is 0 Å². The second-order valence-corrected chi connectivity index (χ2v) is 8.22. The summed E-state index contributed by atoms with van der Waals surface area (Å²) in [6.45, 7) is 3.95. The van der Waals surface area contributed by atoms with Gasteiger partial charge in [-0.2, -0.15) is 5.10 Å². The van der Waals surface area contributed by atoms with E-state index in [4.69, 9.17) is 0 Å². The third-order valence-electron chi connectivity index (χ3n) is 5.25. The molecule has 0 saturated carbocycles. The molecule has 0 aliphatic carbocycles. The van der Waals surface area contributed by atoms with Gasteiger partial charge in [-0.15, -0.1) is 0 Å². The number of nitrogens with one attached hydrogen (secondary N) is 1. The zero-order chi connectivity index (χ0) is 22.2. The van der Waals surface area contributed by atoms with Crippen molar-refractivity contribution in [3.05, 3.63) is 94.6 Å². The normalized spacial score (nSPS) is 11.1. The number of halogens is 1. The number of hydrogen-bond donors (Lipinski definition) is 1. The maximum atomic E-state index is 12.7. The molecule has 0 fully saturated rings. The molecule has 0 spiro atoms. The number of carbonyl (C=O) groups is 1. The Kier molecular flexibility index (Phi) is 5.07. The van der Waals surface area contributed by atoms with Crippen molar-refractivity contribution in [1.29, 1.82) is 0 Å². The summed E-state index contributed by atoms with van der Waals surface area (Å²) in [5, 5.41) is 7.47. The van der Waals surface area contributed by atoms with Gasteiger partial charge in [0.05, 0.1) is 27.2 Å². The van der Waals surface area contributed by atoms with Gasteiger partial charge in [-0.05, 0) is 72.2 Å². The Morgan fingerprint density at radius 2 is 1.78 bits per heavy atom. The topological polar surface area (TPSA) is 77.1 Å². The molecule has 158 valence electrons. The van der Waals surface area contributed by atoms with Gasteiger partial charge in [0.1, 0.15) is 0 Å². The van der Waals surface area contributed by atoms with Crippen LogP contribution in [0.4, 0.5) is 5.69 Å². The quantitative estimate of drug-likeness (QED) is 0.378. The Labute approximate surface area is 192 Å². The van der Waals surface area contributed by atoms with Crippen LogP contribution in [0.2, 0.25) is 0 Å². The van der Waals surface area contributed by atoms with Crippen LogP contribution in [0.5, 0.6) is 0 Å². The average molecular weight is 487 g/mol. The van der Waals surface area contributed by atoms with Crippen molar-refractivity contribution in [1.82, 2.24) is 24.1 Å². The van der Waals surface area contributed by atoms with E-state index < -0.39 is 0 Å². The Hall–Kier alpha value is -3.78. The van der Waals surface area contributed by atoms with Crippen molar-refractivity contribution in [2.75, 3.05) is 5.32 Å². The van der Waals surface area contributed by atoms with Crippen molar-refractivity contribution >= 4 is 33.3 Å². The molecule has 0 bridgehead atoms. The van der Waals surface area contributed by atoms with Crippen LogP contribution in [0.15, 0.2) is 77.7 Å². The maximum absolute atomic E-state index is 12.7. The van der Waals surface area contributed by atoms with E-state index in [1.165, 1.54) is 0 Å². The Morgan fingerprint density at radius 1 is 1.03 bits per heavy atom. The number of nitrogens with zero attached hydrogens (tertiary/aromatic N) is 5. The molecule has 0 aliphatic heterocycles. The van der Waals surface area contributed by atoms with E-state index in [0.29, 0.717) is 17.0 Å². The molecule has 7 nitrogen and oxygen atoms in total. The molecule has 5 rings (SSSR count). The minimum atomic E-state index is -0.171. The first kappa shape index (κ1) is 20.1. The highest BCUT2D eigenvalue weighted by molar-refractivity contribution is 9.10. The number of imidazole rings is 1. The van der Waals surface area contributed by atoms with Gasteiger partial charge in [-0.1, -0.05) is 12.1 Å². The second kappa shape index (κ2) is 8.05. The van der Waals surface area contributed by atoms with E-state index in [2.05, 4.69) is 36.3 Å². The van der Waals surface area contributed by atoms with Gasteiger partial charge in [-0.25, -0.2) is 14.6 Å². The van der Waals surface area contributed by atoms with Crippen molar-refractivity contribution in [2.24, 2.45) is 0 Å². The molecule has 0 radical (unpaired) electrons. The lowest BCUT2D eigenvalue weighted by Gasteiger charge is -2.08. The van der Waals surface area contributed by atoms with Crippen LogP contribution in [0.25, 0.3) is 22.7 Å². The number of rotatable bonds is 4.